The van der Waals surface area contributed by atoms with E-state index in [-0.39, 0.29) is 5.91 Å². The summed E-state index contributed by atoms with van der Waals surface area (Å²) >= 11 is 0. The number of benzene rings is 2. The van der Waals surface area contributed by atoms with Gasteiger partial charge in [0.2, 0.25) is 0 Å². The Hall–Kier alpha value is -3.25. The number of nitrogens with zero attached hydrogens (tertiary/aromatic N) is 3. The average molecular weight is 390 g/mol. The number of likely N-dealkylation sites (N-methyl/N-ethyl adjacent to an activating group) is 1. The molecular weight excluding hydrogens is 362 g/mol. The second-order valence-corrected chi connectivity index (χ2v) is 7.28. The maximum absolute atomic E-state index is 12.7. The van der Waals surface area contributed by atoms with E-state index in [1.165, 1.54) is 0 Å². The SMILES string of the molecule is Cc1cccc(C)c1Nc1cc(C(=O)NCCN(C)C)nc(-c2ccccc2)n1. The van der Waals surface area contributed by atoms with Gasteiger partial charge in [0.05, 0.1) is 0 Å². The maximum atomic E-state index is 12.7. The summed E-state index contributed by atoms with van der Waals surface area (Å²) in [6, 6.07) is 17.5. The predicted octanol–water partition coefficient (Wildman–Crippen LogP) is 3.80. The molecule has 0 fully saturated rings. The number of aromatic nitrogens is 2. The fourth-order valence-corrected chi connectivity index (χ4v) is 2.97. The van der Waals surface area contributed by atoms with Crippen molar-refractivity contribution < 1.29 is 4.79 Å². The van der Waals surface area contributed by atoms with Crippen LogP contribution in [0.1, 0.15) is 21.6 Å². The largest absolute Gasteiger partial charge is 0.349 e. The van der Waals surface area contributed by atoms with Crippen molar-refractivity contribution in [1.82, 2.24) is 20.2 Å². The van der Waals surface area contributed by atoms with Crippen LogP contribution in [0.3, 0.4) is 0 Å². The first-order valence-corrected chi connectivity index (χ1v) is 9.64. The number of anilines is 2. The van der Waals surface area contributed by atoms with Crippen molar-refractivity contribution in [2.75, 3.05) is 32.5 Å². The Bertz CT molecular complexity index is 966. The summed E-state index contributed by atoms with van der Waals surface area (Å²) in [7, 11) is 3.94. The van der Waals surface area contributed by atoms with Gasteiger partial charge in [-0.05, 0) is 39.1 Å². The minimum atomic E-state index is -0.212. The summed E-state index contributed by atoms with van der Waals surface area (Å²) in [5.74, 6) is 0.893. The van der Waals surface area contributed by atoms with Crippen LogP contribution in [0.4, 0.5) is 11.5 Å². The number of aryl methyl sites for hydroxylation is 2. The molecule has 150 valence electrons. The molecule has 0 atom stereocenters. The molecule has 1 heterocycles. The van der Waals surface area contributed by atoms with Crippen LogP contribution in [0.25, 0.3) is 11.4 Å². The molecule has 0 aliphatic carbocycles. The molecule has 0 unspecified atom stereocenters. The fraction of sp³-hybridized carbons (Fsp3) is 0.261. The van der Waals surface area contributed by atoms with E-state index in [1.54, 1.807) is 6.07 Å². The van der Waals surface area contributed by atoms with Gasteiger partial charge in [-0.1, -0.05) is 48.5 Å². The summed E-state index contributed by atoms with van der Waals surface area (Å²) in [5.41, 5.74) is 4.42. The second-order valence-electron chi connectivity index (χ2n) is 7.28. The molecule has 0 aliphatic rings. The highest BCUT2D eigenvalue weighted by molar-refractivity contribution is 5.93. The molecule has 3 aromatic rings. The van der Waals surface area contributed by atoms with Crippen LogP contribution in [-0.2, 0) is 0 Å². The smallest absolute Gasteiger partial charge is 0.270 e. The van der Waals surface area contributed by atoms with Gasteiger partial charge in [0.1, 0.15) is 11.5 Å². The normalized spacial score (nSPS) is 10.8. The summed E-state index contributed by atoms with van der Waals surface area (Å²) in [5, 5.41) is 6.31. The van der Waals surface area contributed by atoms with Crippen LogP contribution < -0.4 is 10.6 Å². The van der Waals surface area contributed by atoms with E-state index in [1.807, 2.05) is 81.4 Å². The zero-order valence-electron chi connectivity index (χ0n) is 17.4. The molecule has 0 saturated heterocycles. The first-order chi connectivity index (χ1) is 13.9. The van der Waals surface area contributed by atoms with Gasteiger partial charge in [0.15, 0.2) is 5.82 Å². The summed E-state index contributed by atoms with van der Waals surface area (Å²) in [6.07, 6.45) is 0. The zero-order valence-corrected chi connectivity index (χ0v) is 17.4. The van der Waals surface area contributed by atoms with Crippen LogP contribution in [0.5, 0.6) is 0 Å². The third-order valence-electron chi connectivity index (χ3n) is 4.57. The Kier molecular flexibility index (Phi) is 6.57. The molecule has 2 N–H and O–H groups in total. The molecule has 1 amide bonds. The number of para-hydroxylation sites is 1. The predicted molar refractivity (Wildman–Crippen MR) is 118 cm³/mol. The van der Waals surface area contributed by atoms with E-state index >= 15 is 0 Å². The molecular formula is C23H27N5O. The number of nitrogens with one attached hydrogen (secondary N) is 2. The van der Waals surface area contributed by atoms with Gasteiger partial charge in [0.25, 0.3) is 5.91 Å². The number of amides is 1. The van der Waals surface area contributed by atoms with E-state index in [0.29, 0.717) is 23.9 Å². The molecule has 0 aliphatic heterocycles. The van der Waals surface area contributed by atoms with Crippen LogP contribution in [-0.4, -0.2) is 48.0 Å². The van der Waals surface area contributed by atoms with Crippen molar-refractivity contribution in [1.29, 1.82) is 0 Å². The topological polar surface area (TPSA) is 70.2 Å². The summed E-state index contributed by atoms with van der Waals surface area (Å²) in [6.45, 7) is 5.40. The molecule has 1 aromatic heterocycles. The molecule has 0 saturated carbocycles. The van der Waals surface area contributed by atoms with Crippen LogP contribution in [0.15, 0.2) is 54.6 Å². The van der Waals surface area contributed by atoms with Crippen molar-refractivity contribution in [3.63, 3.8) is 0 Å². The minimum absolute atomic E-state index is 0.212. The molecule has 0 radical (unpaired) electrons. The third-order valence-corrected chi connectivity index (χ3v) is 4.57. The molecule has 0 spiro atoms. The molecule has 29 heavy (non-hydrogen) atoms. The van der Waals surface area contributed by atoms with E-state index in [9.17, 15) is 4.79 Å². The minimum Gasteiger partial charge on any atom is -0.349 e. The lowest BCUT2D eigenvalue weighted by Gasteiger charge is -2.14. The molecule has 6 nitrogen and oxygen atoms in total. The summed E-state index contributed by atoms with van der Waals surface area (Å²) in [4.78, 5) is 23.9. The van der Waals surface area contributed by atoms with Crippen molar-refractivity contribution in [2.24, 2.45) is 0 Å². The first kappa shape index (κ1) is 20.5. The van der Waals surface area contributed by atoms with Crippen molar-refractivity contribution in [3.8, 4) is 11.4 Å². The van der Waals surface area contributed by atoms with Crippen LogP contribution >= 0.6 is 0 Å². The molecule has 0 bridgehead atoms. The van der Waals surface area contributed by atoms with Crippen molar-refractivity contribution >= 4 is 17.4 Å². The average Bonchev–Trinajstić information content (AvgIpc) is 2.71. The second kappa shape index (κ2) is 9.30. The highest BCUT2D eigenvalue weighted by Gasteiger charge is 2.14. The third kappa shape index (κ3) is 5.39. The number of carbonyl (C=O) groups is 1. The number of rotatable bonds is 7. The van der Waals surface area contributed by atoms with Gasteiger partial charge >= 0.3 is 0 Å². The number of hydrogen-bond donors (Lipinski definition) is 2. The lowest BCUT2D eigenvalue weighted by Crippen LogP contribution is -2.32. The Balaban J connectivity index is 1.96. The van der Waals surface area contributed by atoms with Gasteiger partial charge in [0, 0.05) is 30.4 Å². The quantitative estimate of drug-likeness (QED) is 0.643. The zero-order chi connectivity index (χ0) is 20.8. The van der Waals surface area contributed by atoms with Gasteiger partial charge < -0.3 is 15.5 Å². The highest BCUT2D eigenvalue weighted by Crippen LogP contribution is 2.25. The fourth-order valence-electron chi connectivity index (χ4n) is 2.97. The summed E-state index contributed by atoms with van der Waals surface area (Å²) < 4.78 is 0. The Morgan fingerprint density at radius 3 is 2.31 bits per heavy atom. The van der Waals surface area contributed by atoms with Crippen LogP contribution in [0.2, 0.25) is 0 Å². The maximum Gasteiger partial charge on any atom is 0.270 e. The van der Waals surface area contributed by atoms with Crippen molar-refractivity contribution in [2.45, 2.75) is 13.8 Å². The number of hydrogen-bond acceptors (Lipinski definition) is 5. The van der Waals surface area contributed by atoms with Gasteiger partial charge in [-0.3, -0.25) is 4.79 Å². The van der Waals surface area contributed by atoms with E-state index in [4.69, 9.17) is 0 Å². The van der Waals surface area contributed by atoms with Crippen LogP contribution in [0, 0.1) is 13.8 Å². The Labute approximate surface area is 172 Å². The first-order valence-electron chi connectivity index (χ1n) is 9.64. The van der Waals surface area contributed by atoms with E-state index < -0.39 is 0 Å². The van der Waals surface area contributed by atoms with Crippen molar-refractivity contribution in [3.05, 3.63) is 71.4 Å². The lowest BCUT2D eigenvalue weighted by atomic mass is 10.1. The standard InChI is InChI=1S/C23H27N5O/c1-16-9-8-10-17(2)21(16)26-20-15-19(23(29)24-13-14-28(3)4)25-22(27-20)18-11-6-5-7-12-18/h5-12,15H,13-14H2,1-4H3,(H,24,29)(H,25,26,27). The monoisotopic (exact) mass is 389 g/mol. The Morgan fingerprint density at radius 1 is 0.966 bits per heavy atom. The highest BCUT2D eigenvalue weighted by atomic mass is 16.1. The molecule has 6 heteroatoms. The van der Waals surface area contributed by atoms with Gasteiger partial charge in [-0.15, -0.1) is 0 Å². The number of carbonyl (C=O) groups excluding carboxylic acids is 1. The van der Waals surface area contributed by atoms with Gasteiger partial charge in [-0.25, -0.2) is 9.97 Å². The van der Waals surface area contributed by atoms with Gasteiger partial charge in [-0.2, -0.15) is 0 Å². The molecule has 3 rings (SSSR count). The van der Waals surface area contributed by atoms with E-state index in [0.717, 1.165) is 28.9 Å². The Morgan fingerprint density at radius 2 is 1.66 bits per heavy atom. The molecule has 2 aromatic carbocycles. The lowest BCUT2D eigenvalue weighted by molar-refractivity contribution is 0.0946. The van der Waals surface area contributed by atoms with E-state index in [2.05, 4.69) is 20.6 Å².